The highest BCUT2D eigenvalue weighted by Crippen LogP contribution is 2.32. The van der Waals surface area contributed by atoms with Gasteiger partial charge in [-0.1, -0.05) is 42.5 Å². The van der Waals surface area contributed by atoms with Crippen molar-refractivity contribution < 1.29 is 22.8 Å². The Morgan fingerprint density at radius 1 is 0.895 bits per heavy atom. The van der Waals surface area contributed by atoms with Gasteiger partial charge < -0.3 is 16.0 Å². The lowest BCUT2D eigenvalue weighted by Gasteiger charge is -2.26. The molecule has 4 aromatic rings. The van der Waals surface area contributed by atoms with Crippen LogP contribution in [-0.4, -0.2) is 23.3 Å². The van der Waals surface area contributed by atoms with Crippen molar-refractivity contribution in [3.8, 4) is 11.1 Å². The molecular weight excluding hydrogens is 493 g/mol. The number of pyridine rings is 1. The Labute approximate surface area is 216 Å². The first-order valence-electron chi connectivity index (χ1n) is 12.0. The minimum Gasteiger partial charge on any atom is -0.322 e. The zero-order valence-electron chi connectivity index (χ0n) is 20.0. The van der Waals surface area contributed by atoms with Crippen LogP contribution in [0.25, 0.3) is 11.1 Å². The van der Waals surface area contributed by atoms with Gasteiger partial charge in [-0.3, -0.25) is 9.59 Å². The Morgan fingerprint density at radius 2 is 1.66 bits per heavy atom. The molecule has 192 valence electrons. The van der Waals surface area contributed by atoms with Gasteiger partial charge in [0.25, 0.3) is 5.91 Å². The number of carbonyl (C=O) groups excluding carboxylic acids is 2. The van der Waals surface area contributed by atoms with E-state index < -0.39 is 17.8 Å². The van der Waals surface area contributed by atoms with Crippen LogP contribution < -0.4 is 16.0 Å². The molecule has 1 aliphatic heterocycles. The van der Waals surface area contributed by atoms with E-state index in [-0.39, 0.29) is 11.8 Å². The maximum atomic E-state index is 13.2. The molecule has 1 aromatic heterocycles. The molecule has 0 saturated heterocycles. The largest absolute Gasteiger partial charge is 0.416 e. The number of aromatic nitrogens is 1. The van der Waals surface area contributed by atoms with Crippen molar-refractivity contribution in [1.29, 1.82) is 0 Å². The number of amides is 2. The number of hydrogen-bond donors (Lipinski definition) is 3. The lowest BCUT2D eigenvalue weighted by atomic mass is 9.93. The van der Waals surface area contributed by atoms with Gasteiger partial charge in [0.05, 0.1) is 5.56 Å². The Balaban J connectivity index is 1.34. The van der Waals surface area contributed by atoms with Crippen LogP contribution in [0.2, 0.25) is 0 Å². The number of anilines is 2. The Bertz CT molecular complexity index is 1470. The van der Waals surface area contributed by atoms with Crippen LogP contribution in [-0.2, 0) is 17.4 Å². The zero-order chi connectivity index (χ0) is 26.7. The summed E-state index contributed by atoms with van der Waals surface area (Å²) in [5.74, 6) is -0.159. The zero-order valence-corrected chi connectivity index (χ0v) is 20.0. The molecule has 0 bridgehead atoms. The van der Waals surface area contributed by atoms with Gasteiger partial charge in [-0.2, -0.15) is 13.2 Å². The van der Waals surface area contributed by atoms with Gasteiger partial charge in [0.1, 0.15) is 11.9 Å². The third-order valence-corrected chi connectivity index (χ3v) is 6.33. The molecule has 3 N–H and O–H groups in total. The normalized spacial score (nSPS) is 14.9. The molecule has 38 heavy (non-hydrogen) atoms. The van der Waals surface area contributed by atoms with Crippen LogP contribution in [0.5, 0.6) is 0 Å². The quantitative estimate of drug-likeness (QED) is 0.311. The predicted molar refractivity (Wildman–Crippen MR) is 139 cm³/mol. The Kier molecular flexibility index (Phi) is 6.93. The fourth-order valence-electron chi connectivity index (χ4n) is 4.48. The molecule has 1 atom stereocenters. The monoisotopic (exact) mass is 516 g/mol. The first kappa shape index (κ1) is 25.2. The third kappa shape index (κ3) is 5.42. The fraction of sp³-hybridized carbons (Fsp3) is 0.138. The number of nitrogens with zero attached hydrogens (tertiary/aromatic N) is 1. The molecule has 6 nitrogen and oxygen atoms in total. The topological polar surface area (TPSA) is 83.1 Å². The van der Waals surface area contributed by atoms with E-state index in [1.807, 2.05) is 12.1 Å². The first-order valence-corrected chi connectivity index (χ1v) is 12.0. The number of rotatable bonds is 5. The molecule has 0 saturated carbocycles. The molecule has 0 fully saturated rings. The molecule has 0 radical (unpaired) electrons. The highest BCUT2D eigenvalue weighted by atomic mass is 19.4. The van der Waals surface area contributed by atoms with Gasteiger partial charge in [0, 0.05) is 24.0 Å². The van der Waals surface area contributed by atoms with Crippen LogP contribution in [0.3, 0.4) is 0 Å². The summed E-state index contributed by atoms with van der Waals surface area (Å²) in [6.45, 7) is 0.585. The summed E-state index contributed by atoms with van der Waals surface area (Å²) < 4.78 is 38.9. The van der Waals surface area contributed by atoms with Crippen molar-refractivity contribution in [3.05, 3.63) is 113 Å². The third-order valence-electron chi connectivity index (χ3n) is 6.33. The number of nitrogens with one attached hydrogen (secondary N) is 3. The standard InChI is InChI=1S/C29H23F3N4O2/c30-29(31,32)20-10-8-18(9-11-20)22-5-1-2-6-24(22)27(37)35-21-12-13-23-19(17-21)14-16-34-26(23)28(38)36-25-7-3-4-15-33-25/h1-13,15,17,26,34H,14,16H2,(H,35,37)(H,33,36,38). The molecule has 0 aliphatic carbocycles. The van der Waals surface area contributed by atoms with Crippen molar-refractivity contribution >= 4 is 23.3 Å². The van der Waals surface area contributed by atoms with Crippen LogP contribution in [0.1, 0.15) is 33.1 Å². The second-order valence-corrected chi connectivity index (χ2v) is 8.83. The Hall–Kier alpha value is -4.50. The van der Waals surface area contributed by atoms with Gasteiger partial charge in [0.15, 0.2) is 0 Å². The van der Waals surface area contributed by atoms with Crippen molar-refractivity contribution in [2.75, 3.05) is 17.2 Å². The number of fused-ring (bicyclic) bond motifs is 1. The summed E-state index contributed by atoms with van der Waals surface area (Å²) in [6, 6.07) is 21.5. The maximum absolute atomic E-state index is 13.2. The van der Waals surface area contributed by atoms with E-state index in [0.29, 0.717) is 41.2 Å². The molecule has 3 aromatic carbocycles. The van der Waals surface area contributed by atoms with E-state index in [1.165, 1.54) is 12.1 Å². The smallest absolute Gasteiger partial charge is 0.322 e. The number of hydrogen-bond acceptors (Lipinski definition) is 4. The van der Waals surface area contributed by atoms with Gasteiger partial charge in [-0.05, 0) is 71.1 Å². The van der Waals surface area contributed by atoms with Crippen LogP contribution in [0, 0.1) is 0 Å². The van der Waals surface area contributed by atoms with E-state index >= 15 is 0 Å². The number of alkyl halides is 3. The summed E-state index contributed by atoms with van der Waals surface area (Å²) in [7, 11) is 0. The summed E-state index contributed by atoms with van der Waals surface area (Å²) in [5, 5.41) is 8.92. The minimum atomic E-state index is -4.44. The average Bonchev–Trinajstić information content (AvgIpc) is 2.92. The van der Waals surface area contributed by atoms with Gasteiger partial charge in [-0.15, -0.1) is 0 Å². The van der Waals surface area contributed by atoms with E-state index in [0.717, 1.165) is 23.3 Å². The lowest BCUT2D eigenvalue weighted by Crippen LogP contribution is -2.38. The van der Waals surface area contributed by atoms with Crippen molar-refractivity contribution in [1.82, 2.24) is 10.3 Å². The van der Waals surface area contributed by atoms with Crippen LogP contribution in [0.4, 0.5) is 24.7 Å². The van der Waals surface area contributed by atoms with E-state index in [2.05, 4.69) is 20.9 Å². The number of carbonyl (C=O) groups is 2. The molecule has 2 heterocycles. The summed E-state index contributed by atoms with van der Waals surface area (Å²) in [5.41, 5.74) is 2.90. The number of halogens is 3. The minimum absolute atomic E-state index is 0.230. The SMILES string of the molecule is O=C(Nc1ccc2c(c1)CCNC2C(=O)Nc1ccccn1)c1ccccc1-c1ccc(C(F)(F)F)cc1. The van der Waals surface area contributed by atoms with E-state index in [4.69, 9.17) is 0 Å². The van der Waals surface area contributed by atoms with Crippen molar-refractivity contribution in [3.63, 3.8) is 0 Å². The van der Waals surface area contributed by atoms with Crippen LogP contribution in [0.15, 0.2) is 91.1 Å². The molecule has 1 unspecified atom stereocenters. The summed E-state index contributed by atoms with van der Waals surface area (Å²) >= 11 is 0. The highest BCUT2D eigenvalue weighted by Gasteiger charge is 2.30. The molecule has 9 heteroatoms. The van der Waals surface area contributed by atoms with Crippen molar-refractivity contribution in [2.24, 2.45) is 0 Å². The molecule has 1 aliphatic rings. The fourth-order valence-corrected chi connectivity index (χ4v) is 4.48. The summed E-state index contributed by atoms with van der Waals surface area (Å²) in [4.78, 5) is 30.2. The summed E-state index contributed by atoms with van der Waals surface area (Å²) in [6.07, 6.45) is -2.16. The van der Waals surface area contributed by atoms with E-state index in [1.54, 1.807) is 54.7 Å². The molecular formula is C29H23F3N4O2. The average molecular weight is 517 g/mol. The van der Waals surface area contributed by atoms with Crippen LogP contribution >= 0.6 is 0 Å². The highest BCUT2D eigenvalue weighted by molar-refractivity contribution is 6.08. The number of benzene rings is 3. The van der Waals surface area contributed by atoms with Gasteiger partial charge >= 0.3 is 6.18 Å². The molecule has 0 spiro atoms. The molecule has 2 amide bonds. The maximum Gasteiger partial charge on any atom is 0.416 e. The first-order chi connectivity index (χ1) is 18.3. The van der Waals surface area contributed by atoms with E-state index in [9.17, 15) is 22.8 Å². The molecule has 5 rings (SSSR count). The second kappa shape index (κ2) is 10.5. The van der Waals surface area contributed by atoms with Gasteiger partial charge in [-0.25, -0.2) is 4.98 Å². The van der Waals surface area contributed by atoms with Gasteiger partial charge in [0.2, 0.25) is 5.91 Å². The Morgan fingerprint density at radius 3 is 2.39 bits per heavy atom. The van der Waals surface area contributed by atoms with Crippen molar-refractivity contribution in [2.45, 2.75) is 18.6 Å². The second-order valence-electron chi connectivity index (χ2n) is 8.83. The predicted octanol–water partition coefficient (Wildman–Crippen LogP) is 5.85. The lowest BCUT2D eigenvalue weighted by molar-refractivity contribution is -0.137.